The zero-order valence-corrected chi connectivity index (χ0v) is 10.6. The molecule has 1 aliphatic rings. The number of anilines is 1. The highest BCUT2D eigenvalue weighted by Crippen LogP contribution is 2.33. The van der Waals surface area contributed by atoms with Crippen molar-refractivity contribution in [3.8, 4) is 0 Å². The molecule has 2 nitrogen and oxygen atoms in total. The van der Waals surface area contributed by atoms with Gasteiger partial charge >= 0.3 is 0 Å². The van der Waals surface area contributed by atoms with E-state index >= 15 is 0 Å². The highest BCUT2D eigenvalue weighted by molar-refractivity contribution is 9.10. The topological polar surface area (TPSA) is 20.3 Å². The Morgan fingerprint density at radius 2 is 2.21 bits per heavy atom. The predicted molar refractivity (Wildman–Crippen MR) is 64.0 cm³/mol. The van der Waals surface area contributed by atoms with Crippen LogP contribution in [0.1, 0.15) is 5.56 Å². The lowest BCUT2D eigenvalue weighted by Gasteiger charge is -2.15. The number of hydrogen-bond donors (Lipinski definition) is 0. The summed E-state index contributed by atoms with van der Waals surface area (Å²) < 4.78 is 1.03. The summed E-state index contributed by atoms with van der Waals surface area (Å²) in [6, 6.07) is 5.93. The second-order valence-corrected chi connectivity index (χ2v) is 4.80. The maximum Gasteiger partial charge on any atom is 0.231 e. The number of carbonyl (C=O) groups is 1. The molecule has 0 spiro atoms. The fourth-order valence-electron chi connectivity index (χ4n) is 1.69. The van der Waals surface area contributed by atoms with Crippen LogP contribution in [0.25, 0.3) is 0 Å². The Kier molecular flexibility index (Phi) is 2.93. The van der Waals surface area contributed by atoms with Crippen LogP contribution in [0.4, 0.5) is 5.69 Å². The molecule has 1 aliphatic heterocycles. The van der Waals surface area contributed by atoms with Gasteiger partial charge in [-0.25, -0.2) is 0 Å². The van der Waals surface area contributed by atoms with Crippen molar-refractivity contribution in [3.63, 3.8) is 0 Å². The molecule has 4 heteroatoms. The van der Waals surface area contributed by atoms with E-state index in [1.54, 1.807) is 0 Å². The molecule has 14 heavy (non-hydrogen) atoms. The minimum Gasteiger partial charge on any atom is -0.311 e. The molecule has 1 aromatic rings. The Hall–Kier alpha value is -0.350. The average Bonchev–Trinajstić information content (AvgIpc) is 2.47. The largest absolute Gasteiger partial charge is 0.311 e. The van der Waals surface area contributed by atoms with E-state index in [0.29, 0.717) is 6.42 Å². The molecule has 0 unspecified atom stereocenters. The van der Waals surface area contributed by atoms with Gasteiger partial charge in [0.15, 0.2) is 0 Å². The summed E-state index contributed by atoms with van der Waals surface area (Å²) in [6.07, 6.45) is 0.518. The van der Waals surface area contributed by atoms with Crippen LogP contribution in [0.2, 0.25) is 0 Å². The van der Waals surface area contributed by atoms with E-state index in [4.69, 9.17) is 0 Å². The van der Waals surface area contributed by atoms with E-state index in [2.05, 4.69) is 31.9 Å². The highest BCUT2D eigenvalue weighted by Gasteiger charge is 2.27. The summed E-state index contributed by atoms with van der Waals surface area (Å²) >= 11 is 6.81. The smallest absolute Gasteiger partial charge is 0.231 e. The Balaban J connectivity index is 2.42. The van der Waals surface area contributed by atoms with Crippen molar-refractivity contribution in [2.24, 2.45) is 0 Å². The van der Waals surface area contributed by atoms with Crippen LogP contribution in [-0.2, 0) is 11.2 Å². The lowest BCUT2D eigenvalue weighted by atomic mass is 10.2. The second-order valence-electron chi connectivity index (χ2n) is 3.15. The zero-order valence-electron chi connectivity index (χ0n) is 7.46. The summed E-state index contributed by atoms with van der Waals surface area (Å²) in [6.45, 7) is 0.738. The minimum atomic E-state index is 0.186. The first-order valence-electron chi connectivity index (χ1n) is 4.37. The molecule has 0 aromatic heterocycles. The molecule has 1 heterocycles. The number of carbonyl (C=O) groups excluding carboxylic acids is 1. The third-order valence-corrected chi connectivity index (χ3v) is 3.42. The molecule has 1 aromatic carbocycles. The molecular formula is C10H9Br2NO. The van der Waals surface area contributed by atoms with Gasteiger partial charge in [0, 0.05) is 22.0 Å². The van der Waals surface area contributed by atoms with Crippen LogP contribution in [-0.4, -0.2) is 17.8 Å². The number of benzene rings is 1. The Bertz CT molecular complexity index is 378. The predicted octanol–water partition coefficient (Wildman–Crippen LogP) is 2.73. The summed E-state index contributed by atoms with van der Waals surface area (Å²) in [7, 11) is 0. The molecule has 2 rings (SSSR count). The number of fused-ring (bicyclic) bond motifs is 1. The van der Waals surface area contributed by atoms with Gasteiger partial charge in [-0.2, -0.15) is 0 Å². The fourth-order valence-corrected chi connectivity index (χ4v) is 2.54. The van der Waals surface area contributed by atoms with E-state index in [1.807, 2.05) is 23.1 Å². The Morgan fingerprint density at radius 3 is 2.93 bits per heavy atom. The van der Waals surface area contributed by atoms with Crippen LogP contribution in [0.3, 0.4) is 0 Å². The SMILES string of the molecule is O=C1Cc2c(Br)cccc2N1CCBr. The van der Waals surface area contributed by atoms with Gasteiger partial charge in [0.05, 0.1) is 6.42 Å². The monoisotopic (exact) mass is 317 g/mol. The summed E-state index contributed by atoms with van der Waals surface area (Å²) in [5.74, 6) is 0.186. The quantitative estimate of drug-likeness (QED) is 0.768. The molecular weight excluding hydrogens is 310 g/mol. The first-order valence-corrected chi connectivity index (χ1v) is 6.29. The molecule has 0 saturated heterocycles. The average molecular weight is 319 g/mol. The van der Waals surface area contributed by atoms with E-state index in [9.17, 15) is 4.79 Å². The number of rotatable bonds is 2. The molecule has 0 aliphatic carbocycles. The molecule has 0 atom stereocenters. The number of nitrogens with zero attached hydrogens (tertiary/aromatic N) is 1. The van der Waals surface area contributed by atoms with Crippen molar-refractivity contribution >= 4 is 43.5 Å². The van der Waals surface area contributed by atoms with Crippen molar-refractivity contribution in [2.75, 3.05) is 16.8 Å². The van der Waals surface area contributed by atoms with Gasteiger partial charge < -0.3 is 4.90 Å². The third kappa shape index (κ3) is 1.61. The van der Waals surface area contributed by atoms with Crippen molar-refractivity contribution < 1.29 is 4.79 Å². The van der Waals surface area contributed by atoms with Gasteiger partial charge in [0.1, 0.15) is 0 Å². The Morgan fingerprint density at radius 1 is 1.43 bits per heavy atom. The summed E-state index contributed by atoms with van der Waals surface area (Å²) in [5, 5.41) is 0.810. The number of alkyl halides is 1. The van der Waals surface area contributed by atoms with Crippen molar-refractivity contribution in [1.82, 2.24) is 0 Å². The molecule has 1 amide bonds. The zero-order chi connectivity index (χ0) is 10.1. The fraction of sp³-hybridized carbons (Fsp3) is 0.300. The van der Waals surface area contributed by atoms with Crippen molar-refractivity contribution in [2.45, 2.75) is 6.42 Å². The maximum atomic E-state index is 11.7. The van der Waals surface area contributed by atoms with Crippen molar-refractivity contribution in [3.05, 3.63) is 28.2 Å². The molecule has 0 fully saturated rings. The van der Waals surface area contributed by atoms with Gasteiger partial charge in [-0.1, -0.05) is 37.9 Å². The van der Waals surface area contributed by atoms with E-state index < -0.39 is 0 Å². The highest BCUT2D eigenvalue weighted by atomic mass is 79.9. The first-order chi connectivity index (χ1) is 6.74. The number of amides is 1. The van der Waals surface area contributed by atoms with E-state index in [1.165, 1.54) is 0 Å². The normalized spacial score (nSPS) is 14.7. The Labute approximate surface area is 99.5 Å². The van der Waals surface area contributed by atoms with E-state index in [-0.39, 0.29) is 5.91 Å². The molecule has 0 N–H and O–H groups in total. The van der Waals surface area contributed by atoms with Gasteiger partial charge in [0.25, 0.3) is 0 Å². The summed E-state index contributed by atoms with van der Waals surface area (Å²) in [5.41, 5.74) is 2.15. The maximum absolute atomic E-state index is 11.7. The number of halogens is 2. The van der Waals surface area contributed by atoms with Gasteiger partial charge in [-0.3, -0.25) is 4.79 Å². The summed E-state index contributed by atoms with van der Waals surface area (Å²) in [4.78, 5) is 13.5. The van der Waals surface area contributed by atoms with Crippen LogP contribution < -0.4 is 4.90 Å². The van der Waals surface area contributed by atoms with Crippen LogP contribution in [0.5, 0.6) is 0 Å². The lowest BCUT2D eigenvalue weighted by Crippen LogP contribution is -2.28. The van der Waals surface area contributed by atoms with Crippen LogP contribution in [0, 0.1) is 0 Å². The molecule has 74 valence electrons. The first kappa shape index (κ1) is 10.2. The lowest BCUT2D eigenvalue weighted by molar-refractivity contribution is -0.117. The van der Waals surface area contributed by atoms with Crippen molar-refractivity contribution in [1.29, 1.82) is 0 Å². The van der Waals surface area contributed by atoms with E-state index in [0.717, 1.165) is 27.6 Å². The number of hydrogen-bond acceptors (Lipinski definition) is 1. The van der Waals surface area contributed by atoms with Gasteiger partial charge in [-0.15, -0.1) is 0 Å². The molecule has 0 bridgehead atoms. The van der Waals surface area contributed by atoms with Gasteiger partial charge in [0.2, 0.25) is 5.91 Å². The van der Waals surface area contributed by atoms with Crippen LogP contribution in [0.15, 0.2) is 22.7 Å². The molecule has 0 radical (unpaired) electrons. The van der Waals surface area contributed by atoms with Crippen LogP contribution >= 0.6 is 31.9 Å². The second kappa shape index (κ2) is 4.03. The third-order valence-electron chi connectivity index (χ3n) is 2.32. The standard InChI is InChI=1S/C10H9Br2NO/c11-4-5-13-9-3-1-2-8(12)7(9)6-10(13)14/h1-3H,4-6H2. The molecule has 0 saturated carbocycles. The minimum absolute atomic E-state index is 0.186. The van der Waals surface area contributed by atoms with Gasteiger partial charge in [-0.05, 0) is 17.7 Å².